The van der Waals surface area contributed by atoms with Crippen molar-refractivity contribution in [1.82, 2.24) is 10.2 Å². The summed E-state index contributed by atoms with van der Waals surface area (Å²) in [4.78, 5) is 14.4. The summed E-state index contributed by atoms with van der Waals surface area (Å²) in [5.41, 5.74) is 0. The van der Waals surface area contributed by atoms with Gasteiger partial charge in [0.25, 0.3) is 0 Å². The van der Waals surface area contributed by atoms with Crippen molar-refractivity contribution in [1.29, 1.82) is 0 Å². The Hall–Kier alpha value is -0.220. The molecule has 1 amide bonds. The van der Waals surface area contributed by atoms with E-state index < -0.39 is 0 Å². The van der Waals surface area contributed by atoms with Crippen LogP contribution in [-0.2, 0) is 4.79 Å². The van der Waals surface area contributed by atoms with E-state index in [2.05, 4.69) is 24.1 Å². The Morgan fingerprint density at radius 3 is 2.88 bits per heavy atom. The normalized spacial score (nSPS) is 29.8. The molecule has 1 unspecified atom stereocenters. The first kappa shape index (κ1) is 13.2. The third-order valence-electron chi connectivity index (χ3n) is 3.76. The first-order valence-corrected chi connectivity index (χ1v) is 7.73. The second-order valence-corrected chi connectivity index (χ2v) is 7.49. The van der Waals surface area contributed by atoms with Crippen LogP contribution in [0.4, 0.5) is 0 Å². The highest BCUT2D eigenvalue weighted by atomic mass is 32.2. The monoisotopic (exact) mass is 256 g/mol. The summed E-state index contributed by atoms with van der Waals surface area (Å²) in [5.74, 6) is 1.41. The second-order valence-electron chi connectivity index (χ2n) is 5.69. The number of nitrogens with zero attached hydrogens (tertiary/aromatic N) is 1. The molecule has 2 rings (SSSR count). The van der Waals surface area contributed by atoms with Crippen LogP contribution in [0.5, 0.6) is 0 Å². The van der Waals surface area contributed by atoms with Crippen LogP contribution in [0.1, 0.15) is 39.5 Å². The minimum Gasteiger partial charge on any atom is -0.340 e. The number of carbonyl (C=O) groups excluding carboxylic acids is 1. The topological polar surface area (TPSA) is 32.3 Å². The van der Waals surface area contributed by atoms with Gasteiger partial charge in [-0.1, -0.05) is 20.3 Å². The first-order chi connectivity index (χ1) is 8.08. The van der Waals surface area contributed by atoms with Crippen LogP contribution in [0.25, 0.3) is 0 Å². The SMILES string of the molecule is CC1(C)CCN(C(=O)C2CCCCN2)CCS1. The molecule has 0 aliphatic carbocycles. The van der Waals surface area contributed by atoms with Gasteiger partial charge in [0.15, 0.2) is 0 Å². The third-order valence-corrected chi connectivity index (χ3v) is 5.13. The van der Waals surface area contributed by atoms with E-state index in [1.165, 1.54) is 12.8 Å². The Bertz CT molecular complexity index is 275. The first-order valence-electron chi connectivity index (χ1n) is 6.75. The molecule has 0 aromatic carbocycles. The van der Waals surface area contributed by atoms with E-state index in [4.69, 9.17) is 0 Å². The second kappa shape index (κ2) is 5.61. The summed E-state index contributed by atoms with van der Waals surface area (Å²) in [6.07, 6.45) is 4.53. The highest BCUT2D eigenvalue weighted by Crippen LogP contribution is 2.30. The Kier molecular flexibility index (Phi) is 4.36. The maximum Gasteiger partial charge on any atom is 0.239 e. The van der Waals surface area contributed by atoms with Crippen LogP contribution in [0.2, 0.25) is 0 Å². The summed E-state index contributed by atoms with van der Waals surface area (Å²) < 4.78 is 0.328. The maximum atomic E-state index is 12.4. The summed E-state index contributed by atoms with van der Waals surface area (Å²) >= 11 is 1.99. The highest BCUT2D eigenvalue weighted by Gasteiger charge is 2.29. The van der Waals surface area contributed by atoms with Gasteiger partial charge in [0.2, 0.25) is 5.91 Å². The van der Waals surface area contributed by atoms with E-state index in [0.717, 1.165) is 38.2 Å². The van der Waals surface area contributed by atoms with Crippen LogP contribution in [-0.4, -0.2) is 47.0 Å². The summed E-state index contributed by atoms with van der Waals surface area (Å²) in [7, 11) is 0. The van der Waals surface area contributed by atoms with Gasteiger partial charge in [-0.05, 0) is 25.8 Å². The van der Waals surface area contributed by atoms with Crippen molar-refractivity contribution < 1.29 is 4.79 Å². The molecule has 98 valence electrons. The van der Waals surface area contributed by atoms with E-state index in [9.17, 15) is 4.79 Å². The molecular weight excluding hydrogens is 232 g/mol. The predicted octanol–water partition coefficient (Wildman–Crippen LogP) is 1.87. The molecule has 2 heterocycles. The van der Waals surface area contributed by atoms with E-state index in [0.29, 0.717) is 10.7 Å². The van der Waals surface area contributed by atoms with Crippen molar-refractivity contribution in [3.8, 4) is 0 Å². The third kappa shape index (κ3) is 3.62. The zero-order valence-corrected chi connectivity index (χ0v) is 11.8. The minimum absolute atomic E-state index is 0.0926. The predicted molar refractivity (Wildman–Crippen MR) is 73.4 cm³/mol. The summed E-state index contributed by atoms with van der Waals surface area (Å²) in [6.45, 7) is 7.42. The maximum absolute atomic E-state index is 12.4. The van der Waals surface area contributed by atoms with Gasteiger partial charge >= 0.3 is 0 Å². The minimum atomic E-state index is 0.0926. The Morgan fingerprint density at radius 1 is 1.35 bits per heavy atom. The zero-order chi connectivity index (χ0) is 12.3. The molecule has 0 bridgehead atoms. The van der Waals surface area contributed by atoms with E-state index in [1.807, 2.05) is 11.8 Å². The number of thioether (sulfide) groups is 1. The van der Waals surface area contributed by atoms with Gasteiger partial charge in [0.05, 0.1) is 6.04 Å². The standard InChI is InChI=1S/C13H24N2OS/c1-13(2)6-8-15(9-10-17-13)12(16)11-5-3-4-7-14-11/h11,14H,3-10H2,1-2H3. The number of carbonyl (C=O) groups is 1. The van der Waals surface area contributed by atoms with Crippen molar-refractivity contribution in [2.45, 2.75) is 50.3 Å². The van der Waals surface area contributed by atoms with Crippen molar-refractivity contribution in [3.63, 3.8) is 0 Å². The lowest BCUT2D eigenvalue weighted by atomic mass is 10.0. The van der Waals surface area contributed by atoms with Gasteiger partial charge in [0.1, 0.15) is 0 Å². The number of hydrogen-bond donors (Lipinski definition) is 1. The van der Waals surface area contributed by atoms with Gasteiger partial charge in [0, 0.05) is 23.6 Å². The summed E-state index contributed by atoms with van der Waals surface area (Å²) in [6, 6.07) is 0.0926. The highest BCUT2D eigenvalue weighted by molar-refractivity contribution is 8.00. The Balaban J connectivity index is 1.90. The van der Waals surface area contributed by atoms with Crippen LogP contribution in [0.15, 0.2) is 0 Å². The van der Waals surface area contributed by atoms with Crippen molar-refractivity contribution in [2.75, 3.05) is 25.4 Å². The molecule has 1 atom stereocenters. The van der Waals surface area contributed by atoms with Crippen LogP contribution in [0, 0.1) is 0 Å². The average molecular weight is 256 g/mol. The Labute approximate surface area is 109 Å². The smallest absolute Gasteiger partial charge is 0.239 e. The fourth-order valence-corrected chi connectivity index (χ4v) is 3.62. The zero-order valence-electron chi connectivity index (χ0n) is 11.0. The fraction of sp³-hybridized carbons (Fsp3) is 0.923. The van der Waals surface area contributed by atoms with Gasteiger partial charge in [-0.25, -0.2) is 0 Å². The lowest BCUT2D eigenvalue weighted by molar-refractivity contribution is -0.133. The molecule has 0 aromatic rings. The Morgan fingerprint density at radius 2 is 2.18 bits per heavy atom. The molecule has 0 saturated carbocycles. The van der Waals surface area contributed by atoms with E-state index >= 15 is 0 Å². The number of amides is 1. The molecule has 4 heteroatoms. The number of hydrogen-bond acceptors (Lipinski definition) is 3. The molecular formula is C13H24N2OS. The van der Waals surface area contributed by atoms with Crippen LogP contribution in [0.3, 0.4) is 0 Å². The van der Waals surface area contributed by atoms with E-state index in [1.54, 1.807) is 0 Å². The molecule has 0 radical (unpaired) electrons. The lowest BCUT2D eigenvalue weighted by Gasteiger charge is -2.29. The number of rotatable bonds is 1. The molecule has 0 aromatic heterocycles. The molecule has 2 aliphatic rings. The van der Waals surface area contributed by atoms with Gasteiger partial charge < -0.3 is 10.2 Å². The molecule has 3 nitrogen and oxygen atoms in total. The van der Waals surface area contributed by atoms with Crippen molar-refractivity contribution >= 4 is 17.7 Å². The van der Waals surface area contributed by atoms with Crippen molar-refractivity contribution in [2.24, 2.45) is 0 Å². The van der Waals surface area contributed by atoms with Crippen LogP contribution < -0.4 is 5.32 Å². The quantitative estimate of drug-likeness (QED) is 0.777. The molecule has 2 saturated heterocycles. The van der Waals surface area contributed by atoms with Crippen LogP contribution >= 0.6 is 11.8 Å². The lowest BCUT2D eigenvalue weighted by Crippen LogP contribution is -2.49. The molecule has 0 spiro atoms. The molecule has 1 N–H and O–H groups in total. The average Bonchev–Trinajstić information content (AvgIpc) is 2.50. The largest absolute Gasteiger partial charge is 0.340 e. The summed E-state index contributed by atoms with van der Waals surface area (Å²) in [5, 5.41) is 3.36. The fourth-order valence-electron chi connectivity index (χ4n) is 2.52. The van der Waals surface area contributed by atoms with Crippen molar-refractivity contribution in [3.05, 3.63) is 0 Å². The molecule has 2 aliphatic heterocycles. The van der Waals surface area contributed by atoms with Gasteiger partial charge in [-0.15, -0.1) is 0 Å². The van der Waals surface area contributed by atoms with Gasteiger partial charge in [-0.3, -0.25) is 4.79 Å². The molecule has 17 heavy (non-hydrogen) atoms. The number of piperidine rings is 1. The number of nitrogens with one attached hydrogen (secondary N) is 1. The molecule has 2 fully saturated rings. The van der Waals surface area contributed by atoms with Gasteiger partial charge in [-0.2, -0.15) is 11.8 Å². The van der Waals surface area contributed by atoms with E-state index in [-0.39, 0.29) is 6.04 Å².